The highest BCUT2D eigenvalue weighted by atomic mass is 32.2. The minimum absolute atomic E-state index is 0.00531. The number of phenolic OH excluding ortho intramolecular Hbond substituents is 2. The highest BCUT2D eigenvalue weighted by molar-refractivity contribution is 7.88. The molecule has 4 N–H and O–H groups in total. The third-order valence-electron chi connectivity index (χ3n) is 7.35. The Hall–Kier alpha value is -2.72. The van der Waals surface area contributed by atoms with Crippen LogP contribution in [0.1, 0.15) is 44.7 Å². The van der Waals surface area contributed by atoms with Gasteiger partial charge in [0.05, 0.1) is 11.7 Å². The van der Waals surface area contributed by atoms with Crippen LogP contribution in [0.5, 0.6) is 11.5 Å². The number of carbonyl (C=O) groups excluding carboxylic acids is 1. The zero-order chi connectivity index (χ0) is 26.5. The van der Waals surface area contributed by atoms with Crippen LogP contribution in [0.25, 0.3) is 0 Å². The lowest BCUT2D eigenvalue weighted by atomic mass is 9.82. The van der Waals surface area contributed by atoms with Gasteiger partial charge in [0, 0.05) is 30.5 Å². The van der Waals surface area contributed by atoms with Gasteiger partial charge in [0.15, 0.2) is 11.5 Å². The van der Waals surface area contributed by atoms with Gasteiger partial charge in [0.2, 0.25) is 15.9 Å². The summed E-state index contributed by atoms with van der Waals surface area (Å²) in [5.74, 6) is -0.423. The summed E-state index contributed by atoms with van der Waals surface area (Å²) in [6.07, 6.45) is 3.39. The second-order valence-electron chi connectivity index (χ2n) is 11.5. The first-order chi connectivity index (χ1) is 16.7. The van der Waals surface area contributed by atoms with E-state index < -0.39 is 15.4 Å². The molecule has 0 aromatic heterocycles. The van der Waals surface area contributed by atoms with Crippen molar-refractivity contribution in [2.75, 3.05) is 29.6 Å². The number of rotatable bonds is 8. The maximum atomic E-state index is 13.3. The molecule has 0 spiro atoms. The average molecular weight is 513 g/mol. The van der Waals surface area contributed by atoms with Crippen molar-refractivity contribution in [1.82, 2.24) is 4.72 Å². The number of anilines is 2. The zero-order valence-electron chi connectivity index (χ0n) is 21.6. The fourth-order valence-electron chi connectivity index (χ4n) is 5.13. The molecule has 2 aliphatic rings. The lowest BCUT2D eigenvalue weighted by Gasteiger charge is -2.38. The summed E-state index contributed by atoms with van der Waals surface area (Å²) in [5.41, 5.74) is 3.02. The summed E-state index contributed by atoms with van der Waals surface area (Å²) in [4.78, 5) is 15.6. The number of phenols is 2. The van der Waals surface area contributed by atoms with Crippen molar-refractivity contribution in [3.05, 3.63) is 47.5 Å². The van der Waals surface area contributed by atoms with Crippen LogP contribution in [0, 0.1) is 5.41 Å². The van der Waals surface area contributed by atoms with Crippen LogP contribution < -0.4 is 14.9 Å². The lowest BCUT2D eigenvalue weighted by molar-refractivity contribution is -0.118. The van der Waals surface area contributed by atoms with Crippen molar-refractivity contribution in [2.24, 2.45) is 5.41 Å². The van der Waals surface area contributed by atoms with Gasteiger partial charge in [-0.1, -0.05) is 26.8 Å². The fraction of sp³-hybridized carbons (Fsp3) is 0.500. The van der Waals surface area contributed by atoms with E-state index in [0.717, 1.165) is 29.9 Å². The Morgan fingerprint density at radius 3 is 2.44 bits per heavy atom. The molecule has 1 heterocycles. The van der Waals surface area contributed by atoms with E-state index in [-0.39, 0.29) is 34.7 Å². The van der Waals surface area contributed by atoms with Crippen LogP contribution in [0.4, 0.5) is 11.4 Å². The Balaban J connectivity index is 1.52. The van der Waals surface area contributed by atoms with E-state index in [1.165, 1.54) is 18.4 Å². The smallest absolute Gasteiger partial charge is 0.235 e. The number of hydrogen-bond donors (Lipinski definition) is 4. The summed E-state index contributed by atoms with van der Waals surface area (Å²) in [5, 5.41) is 22.6. The molecule has 2 aromatic rings. The molecule has 36 heavy (non-hydrogen) atoms. The highest BCUT2D eigenvalue weighted by Gasteiger charge is 2.51. The summed E-state index contributed by atoms with van der Waals surface area (Å²) in [6, 6.07) is 10.8. The number of aromatic hydroxyl groups is 2. The van der Waals surface area contributed by atoms with E-state index in [0.29, 0.717) is 24.9 Å². The summed E-state index contributed by atoms with van der Waals surface area (Å²) in [6.45, 7) is 7.73. The van der Waals surface area contributed by atoms with Gasteiger partial charge in [0.25, 0.3) is 0 Å². The first kappa shape index (κ1) is 26.4. The van der Waals surface area contributed by atoms with Gasteiger partial charge >= 0.3 is 0 Å². The van der Waals surface area contributed by atoms with Crippen LogP contribution >= 0.6 is 0 Å². The van der Waals surface area contributed by atoms with Crippen molar-refractivity contribution < 1.29 is 23.4 Å². The Bertz CT molecular complexity index is 1270. The second kappa shape index (κ2) is 9.30. The molecule has 0 radical (unpaired) electrons. The molecule has 194 valence electrons. The monoisotopic (exact) mass is 513 g/mol. The Morgan fingerprint density at radius 1 is 1.17 bits per heavy atom. The number of fused-ring (bicyclic) bond motifs is 1. The predicted molar refractivity (Wildman–Crippen MR) is 145 cm³/mol. The molecule has 2 unspecified atom stereocenters. The minimum Gasteiger partial charge on any atom is -0.504 e. The number of nitrogens with one attached hydrogen (secondary N) is 2. The van der Waals surface area contributed by atoms with Crippen LogP contribution in [0.3, 0.4) is 0 Å². The van der Waals surface area contributed by atoms with E-state index >= 15 is 0 Å². The van der Waals surface area contributed by atoms with Gasteiger partial charge < -0.3 is 20.4 Å². The molecule has 0 saturated heterocycles. The second-order valence-corrected chi connectivity index (χ2v) is 13.4. The topological polar surface area (TPSA) is 119 Å². The largest absolute Gasteiger partial charge is 0.504 e. The van der Waals surface area contributed by atoms with Gasteiger partial charge in [-0.25, -0.2) is 13.1 Å². The Kier molecular flexibility index (Phi) is 6.81. The third-order valence-corrected chi connectivity index (χ3v) is 8.04. The summed E-state index contributed by atoms with van der Waals surface area (Å²) < 4.78 is 25.7. The average Bonchev–Trinajstić information content (AvgIpc) is 3.51. The molecule has 2 aromatic carbocycles. The molecule has 4 rings (SSSR count). The fourth-order valence-corrected chi connectivity index (χ4v) is 5.72. The SMILES string of the molecule is BC(CNS(C)(=O)=O)CN1c2ccc(NC(=O)C3(c4ccc(O)c(O)c4)CC3)cc2CC1C(C)(C)C. The third kappa shape index (κ3) is 5.49. The van der Waals surface area contributed by atoms with Crippen LogP contribution in [0.2, 0.25) is 5.82 Å². The van der Waals surface area contributed by atoms with Crippen molar-refractivity contribution in [3.8, 4) is 11.5 Å². The molecule has 1 amide bonds. The first-order valence-corrected chi connectivity index (χ1v) is 14.3. The van der Waals surface area contributed by atoms with Crippen molar-refractivity contribution >= 4 is 35.2 Å². The maximum absolute atomic E-state index is 13.3. The standard InChI is InChI=1S/C26H36BN3O5S/c1-25(2,3)23-12-16-11-19(6-7-20(16)30(23)15-18(27)14-28-36(4,34)35)29-24(33)26(9-10-26)17-5-8-21(31)22(32)13-17/h5-8,11,13,18,23,28,31-32H,9-10,12,14-15,27H2,1-4H3,(H,29,33). The van der Waals surface area contributed by atoms with Crippen molar-refractivity contribution in [3.63, 3.8) is 0 Å². The number of carbonyl (C=O) groups is 1. The highest BCUT2D eigenvalue weighted by Crippen LogP contribution is 2.50. The molecule has 2 atom stereocenters. The number of hydrogen-bond acceptors (Lipinski definition) is 6. The zero-order valence-corrected chi connectivity index (χ0v) is 22.4. The molecular weight excluding hydrogens is 477 g/mol. The molecule has 1 aliphatic heterocycles. The van der Waals surface area contributed by atoms with E-state index in [4.69, 9.17) is 0 Å². The van der Waals surface area contributed by atoms with Gasteiger partial charge in [0.1, 0.15) is 7.85 Å². The quantitative estimate of drug-likeness (QED) is 0.318. The molecule has 1 aliphatic carbocycles. The maximum Gasteiger partial charge on any atom is 0.235 e. The van der Waals surface area contributed by atoms with Crippen LogP contribution in [-0.2, 0) is 26.7 Å². The van der Waals surface area contributed by atoms with Crippen molar-refractivity contribution in [2.45, 2.75) is 57.3 Å². The number of benzene rings is 2. The van der Waals surface area contributed by atoms with Gasteiger partial charge in [-0.2, -0.15) is 0 Å². The van der Waals surface area contributed by atoms with Crippen LogP contribution in [0.15, 0.2) is 36.4 Å². The minimum atomic E-state index is -3.24. The number of nitrogens with zero attached hydrogens (tertiary/aromatic N) is 1. The summed E-state index contributed by atoms with van der Waals surface area (Å²) in [7, 11) is -1.20. The van der Waals surface area contributed by atoms with E-state index in [1.807, 2.05) is 26.0 Å². The lowest BCUT2D eigenvalue weighted by Crippen LogP contribution is -2.44. The molecule has 0 bridgehead atoms. The summed E-state index contributed by atoms with van der Waals surface area (Å²) >= 11 is 0. The van der Waals surface area contributed by atoms with E-state index in [1.54, 1.807) is 6.07 Å². The number of sulfonamides is 1. The van der Waals surface area contributed by atoms with Crippen LogP contribution in [-0.4, -0.2) is 57.8 Å². The molecule has 1 saturated carbocycles. The van der Waals surface area contributed by atoms with E-state index in [9.17, 15) is 23.4 Å². The van der Waals surface area contributed by atoms with Gasteiger partial charge in [-0.3, -0.25) is 4.79 Å². The molecule has 10 heteroatoms. The molecule has 1 fully saturated rings. The van der Waals surface area contributed by atoms with E-state index in [2.05, 4.69) is 35.7 Å². The predicted octanol–water partition coefficient (Wildman–Crippen LogP) is 2.52. The molecular formula is C26H36BN3O5S. The number of amides is 1. The Labute approximate surface area is 214 Å². The normalized spacial score (nSPS) is 19.6. The first-order valence-electron chi connectivity index (χ1n) is 12.4. The van der Waals surface area contributed by atoms with Gasteiger partial charge in [-0.05, 0) is 72.0 Å². The van der Waals surface area contributed by atoms with Crippen molar-refractivity contribution in [1.29, 1.82) is 0 Å². The molecule has 8 nitrogen and oxygen atoms in total. The van der Waals surface area contributed by atoms with Gasteiger partial charge in [-0.15, -0.1) is 0 Å². The Morgan fingerprint density at radius 2 is 1.86 bits per heavy atom.